The summed E-state index contributed by atoms with van der Waals surface area (Å²) in [7, 11) is 3.64. The summed E-state index contributed by atoms with van der Waals surface area (Å²) in [6.45, 7) is 4.54. The van der Waals surface area contributed by atoms with Gasteiger partial charge in [0.25, 0.3) is 5.91 Å². The zero-order valence-corrected chi connectivity index (χ0v) is 29.5. The van der Waals surface area contributed by atoms with Crippen LogP contribution in [0.2, 0.25) is 0 Å². The number of nitrogens with one attached hydrogen (secondary N) is 4. The number of ether oxygens (including phenoxy) is 1. The maximum atomic E-state index is 14.0. The van der Waals surface area contributed by atoms with E-state index in [1.165, 1.54) is 0 Å². The molecule has 1 heterocycles. The molecule has 262 valence electrons. The Kier molecular flexibility index (Phi) is 11.7. The topological polar surface area (TPSA) is 109 Å². The fraction of sp³-hybridized carbons (Fsp3) is 0.262. The summed E-state index contributed by atoms with van der Waals surface area (Å²) in [4.78, 5) is 32.4. The molecule has 2 amide bonds. The Bertz CT molecular complexity index is 2100. The van der Waals surface area contributed by atoms with Crippen molar-refractivity contribution in [2.24, 2.45) is 7.05 Å². The first-order valence-electron chi connectivity index (χ1n) is 17.5. The van der Waals surface area contributed by atoms with Crippen LogP contribution in [0.4, 0.5) is 0 Å². The number of methoxy groups -OCH3 is 1. The Morgan fingerprint density at radius 1 is 0.765 bits per heavy atom. The number of aromatic nitrogens is 2. The molecule has 0 aliphatic carbocycles. The second-order valence-electron chi connectivity index (χ2n) is 12.8. The lowest BCUT2D eigenvalue weighted by Gasteiger charge is -2.23. The van der Waals surface area contributed by atoms with Gasteiger partial charge in [-0.1, -0.05) is 91.0 Å². The predicted molar refractivity (Wildman–Crippen MR) is 203 cm³/mol. The van der Waals surface area contributed by atoms with E-state index in [0.717, 1.165) is 49.8 Å². The van der Waals surface area contributed by atoms with E-state index in [1.54, 1.807) is 13.3 Å². The molecular formula is C42H46N6O3. The Labute approximate surface area is 299 Å². The van der Waals surface area contributed by atoms with Gasteiger partial charge in [0.15, 0.2) is 0 Å². The van der Waals surface area contributed by atoms with E-state index >= 15 is 0 Å². The minimum atomic E-state index is -0.735. The quantitative estimate of drug-likeness (QED) is 0.0861. The van der Waals surface area contributed by atoms with Crippen molar-refractivity contribution >= 4 is 33.4 Å². The van der Waals surface area contributed by atoms with Crippen LogP contribution in [0.5, 0.6) is 5.75 Å². The van der Waals surface area contributed by atoms with E-state index in [2.05, 4.69) is 44.5 Å². The fourth-order valence-corrected chi connectivity index (χ4v) is 6.62. The van der Waals surface area contributed by atoms with Gasteiger partial charge < -0.3 is 30.6 Å². The molecule has 6 rings (SSSR count). The number of nitrogens with zero attached hydrogens (tertiary/aromatic N) is 2. The molecule has 0 aliphatic rings. The summed E-state index contributed by atoms with van der Waals surface area (Å²) >= 11 is 0. The van der Waals surface area contributed by atoms with Gasteiger partial charge in [-0.25, -0.2) is 4.98 Å². The van der Waals surface area contributed by atoms with Crippen LogP contribution in [0, 0.1) is 0 Å². The average Bonchev–Trinajstić information content (AvgIpc) is 3.57. The molecule has 1 aromatic heterocycles. The van der Waals surface area contributed by atoms with E-state index in [4.69, 9.17) is 4.74 Å². The molecule has 0 saturated heterocycles. The molecule has 2 atom stereocenters. The van der Waals surface area contributed by atoms with Crippen molar-refractivity contribution < 1.29 is 14.3 Å². The van der Waals surface area contributed by atoms with Crippen LogP contribution in [-0.4, -0.2) is 41.1 Å². The molecule has 6 aromatic rings. The minimum absolute atomic E-state index is 0.215. The van der Waals surface area contributed by atoms with Crippen LogP contribution in [0.1, 0.15) is 58.7 Å². The minimum Gasteiger partial charge on any atom is -0.496 e. The summed E-state index contributed by atoms with van der Waals surface area (Å²) in [6, 6.07) is 33.0. The van der Waals surface area contributed by atoms with Gasteiger partial charge in [-0.3, -0.25) is 9.59 Å². The highest BCUT2D eigenvalue weighted by molar-refractivity contribution is 6.09. The number of hydrogen-bond acceptors (Lipinski definition) is 6. The van der Waals surface area contributed by atoms with E-state index < -0.39 is 6.04 Å². The summed E-state index contributed by atoms with van der Waals surface area (Å²) in [5.41, 5.74) is 3.71. The van der Waals surface area contributed by atoms with Crippen molar-refractivity contribution in [3.63, 3.8) is 0 Å². The zero-order chi connectivity index (χ0) is 35.6. The van der Waals surface area contributed by atoms with Crippen LogP contribution >= 0.6 is 0 Å². The number of carbonyl (C=O) groups excluding carboxylic acids is 2. The van der Waals surface area contributed by atoms with Gasteiger partial charge in [0.2, 0.25) is 5.91 Å². The van der Waals surface area contributed by atoms with Crippen LogP contribution < -0.4 is 26.0 Å². The van der Waals surface area contributed by atoms with E-state index in [9.17, 15) is 9.59 Å². The number of carbonyl (C=O) groups is 2. The van der Waals surface area contributed by atoms with E-state index in [0.29, 0.717) is 44.6 Å². The van der Waals surface area contributed by atoms with E-state index in [1.807, 2.05) is 110 Å². The first-order chi connectivity index (χ1) is 24.9. The largest absolute Gasteiger partial charge is 0.496 e. The summed E-state index contributed by atoms with van der Waals surface area (Å²) < 4.78 is 7.48. The SMILES string of the molecule is COc1ccccc1CNCCC[C@H](NC(=O)c1ccc(CNCc2nccn2C)c2ccccc12)C(=O)N[C@@H](C)c1cccc2ccccc12. The van der Waals surface area contributed by atoms with Crippen LogP contribution in [0.25, 0.3) is 21.5 Å². The standard InChI is InChI=1S/C42H46N6O3/c1-29(33-18-10-14-30-12-4-6-15-34(30)33)46-42(50)38(19-11-23-43-27-32-13-5-9-20-39(32)51-3)47-41(49)37-22-21-31(35-16-7-8-17-36(35)37)26-44-28-40-45-24-25-48(40)2/h4-10,12-18,20-22,24-25,29,38,43-44H,11,19,23,26-28H2,1-3H3,(H,46,50)(H,47,49)/t29-,38-/m0/s1. The van der Waals surface area contributed by atoms with Gasteiger partial charge in [0, 0.05) is 43.7 Å². The number of hydrogen-bond donors (Lipinski definition) is 4. The highest BCUT2D eigenvalue weighted by Gasteiger charge is 2.24. The average molecular weight is 683 g/mol. The van der Waals surface area contributed by atoms with Crippen molar-refractivity contribution in [3.8, 4) is 5.75 Å². The van der Waals surface area contributed by atoms with Gasteiger partial charge in [0.05, 0.1) is 19.7 Å². The van der Waals surface area contributed by atoms with Crippen LogP contribution in [-0.2, 0) is 31.5 Å². The normalized spacial score (nSPS) is 12.5. The number of fused-ring (bicyclic) bond motifs is 2. The smallest absolute Gasteiger partial charge is 0.252 e. The number of amides is 2. The molecular weight excluding hydrogens is 637 g/mol. The maximum absolute atomic E-state index is 14.0. The summed E-state index contributed by atoms with van der Waals surface area (Å²) in [5, 5.41) is 17.3. The van der Waals surface area contributed by atoms with Crippen molar-refractivity contribution in [2.45, 2.75) is 51.5 Å². The molecule has 0 spiro atoms. The number of aryl methyl sites for hydroxylation is 1. The molecule has 0 fully saturated rings. The fourth-order valence-electron chi connectivity index (χ4n) is 6.62. The highest BCUT2D eigenvalue weighted by atomic mass is 16.5. The van der Waals surface area contributed by atoms with Crippen LogP contribution in [0.15, 0.2) is 116 Å². The molecule has 9 heteroatoms. The third kappa shape index (κ3) is 8.63. The summed E-state index contributed by atoms with van der Waals surface area (Å²) in [5.74, 6) is 1.29. The highest BCUT2D eigenvalue weighted by Crippen LogP contribution is 2.26. The van der Waals surface area contributed by atoms with Crippen molar-refractivity contribution in [1.82, 2.24) is 30.8 Å². The van der Waals surface area contributed by atoms with Crippen molar-refractivity contribution in [3.05, 3.63) is 144 Å². The Morgan fingerprint density at radius 3 is 2.29 bits per heavy atom. The lowest BCUT2D eigenvalue weighted by Crippen LogP contribution is -2.47. The third-order valence-electron chi connectivity index (χ3n) is 9.40. The maximum Gasteiger partial charge on any atom is 0.252 e. The number of para-hydroxylation sites is 1. The van der Waals surface area contributed by atoms with Gasteiger partial charge in [-0.2, -0.15) is 0 Å². The second-order valence-corrected chi connectivity index (χ2v) is 12.8. The van der Waals surface area contributed by atoms with Crippen molar-refractivity contribution in [1.29, 1.82) is 0 Å². The van der Waals surface area contributed by atoms with Gasteiger partial charge >= 0.3 is 0 Å². The molecule has 0 aliphatic heterocycles. The molecule has 5 aromatic carbocycles. The first kappa shape index (κ1) is 35.3. The monoisotopic (exact) mass is 682 g/mol. The summed E-state index contributed by atoms with van der Waals surface area (Å²) in [6.07, 6.45) is 4.86. The lowest BCUT2D eigenvalue weighted by molar-refractivity contribution is -0.123. The Hall–Kier alpha value is -5.51. The number of imidazole rings is 1. The molecule has 4 N–H and O–H groups in total. The Balaban J connectivity index is 1.17. The Morgan fingerprint density at radius 2 is 1.49 bits per heavy atom. The molecule has 0 saturated carbocycles. The van der Waals surface area contributed by atoms with Crippen LogP contribution in [0.3, 0.4) is 0 Å². The van der Waals surface area contributed by atoms with Gasteiger partial charge in [-0.05, 0) is 71.1 Å². The molecule has 0 radical (unpaired) electrons. The molecule has 0 unspecified atom stereocenters. The van der Waals surface area contributed by atoms with E-state index in [-0.39, 0.29) is 17.9 Å². The second kappa shape index (κ2) is 16.9. The number of benzene rings is 5. The number of rotatable bonds is 16. The lowest BCUT2D eigenvalue weighted by atomic mass is 9.98. The molecule has 0 bridgehead atoms. The van der Waals surface area contributed by atoms with Gasteiger partial charge in [0.1, 0.15) is 17.6 Å². The first-order valence-corrected chi connectivity index (χ1v) is 17.5. The third-order valence-corrected chi connectivity index (χ3v) is 9.40. The molecule has 51 heavy (non-hydrogen) atoms. The zero-order valence-electron chi connectivity index (χ0n) is 29.5. The van der Waals surface area contributed by atoms with Crippen molar-refractivity contribution in [2.75, 3.05) is 13.7 Å². The molecule has 9 nitrogen and oxygen atoms in total. The van der Waals surface area contributed by atoms with Gasteiger partial charge in [-0.15, -0.1) is 0 Å². The predicted octanol–water partition coefficient (Wildman–Crippen LogP) is 6.57.